The van der Waals surface area contributed by atoms with Crippen LogP contribution < -0.4 is 4.90 Å². The molecule has 0 radical (unpaired) electrons. The molecule has 1 aromatic carbocycles. The summed E-state index contributed by atoms with van der Waals surface area (Å²) in [6.07, 6.45) is 1.86. The molecule has 4 heterocycles. The van der Waals surface area contributed by atoms with Gasteiger partial charge in [-0.25, -0.2) is 4.98 Å². The maximum atomic E-state index is 12.9. The van der Waals surface area contributed by atoms with Gasteiger partial charge in [0.25, 0.3) is 0 Å². The number of Topliss-reactive ketones (excluding diaryl/α,β-unsaturated/α-hetero) is 1. The molecule has 0 saturated carbocycles. The molecule has 0 spiro atoms. The predicted molar refractivity (Wildman–Crippen MR) is 114 cm³/mol. The van der Waals surface area contributed by atoms with Crippen molar-refractivity contribution in [3.05, 3.63) is 59.4 Å². The lowest BCUT2D eigenvalue weighted by atomic mass is 10.1. The molecule has 1 aliphatic heterocycles. The van der Waals surface area contributed by atoms with Crippen molar-refractivity contribution in [3.8, 4) is 10.6 Å². The Morgan fingerprint density at radius 2 is 1.97 bits per heavy atom. The Balaban J connectivity index is 1.37. The number of rotatable bonds is 5. The van der Waals surface area contributed by atoms with Crippen molar-refractivity contribution in [2.24, 2.45) is 0 Å². The maximum absolute atomic E-state index is 12.9. The fourth-order valence-corrected chi connectivity index (χ4v) is 3.98. The van der Waals surface area contributed by atoms with Gasteiger partial charge in [-0.2, -0.15) is 10.2 Å². The second-order valence-electron chi connectivity index (χ2n) is 6.96. The highest BCUT2D eigenvalue weighted by Crippen LogP contribution is 2.25. The van der Waals surface area contributed by atoms with Crippen molar-refractivity contribution >= 4 is 33.8 Å². The highest BCUT2D eigenvalue weighted by molar-refractivity contribution is 7.12. The van der Waals surface area contributed by atoms with E-state index in [0.717, 1.165) is 40.4 Å². The lowest BCUT2D eigenvalue weighted by Crippen LogP contribution is -2.36. The first-order chi connectivity index (χ1) is 14.8. The summed E-state index contributed by atoms with van der Waals surface area (Å²) in [6, 6.07) is 11.4. The minimum atomic E-state index is -0.0131. The number of fused-ring (bicyclic) bond motifs is 1. The van der Waals surface area contributed by atoms with E-state index in [1.807, 2.05) is 30.3 Å². The zero-order chi connectivity index (χ0) is 20.3. The number of benzene rings is 1. The average molecular weight is 418 g/mol. The Labute approximate surface area is 176 Å². The summed E-state index contributed by atoms with van der Waals surface area (Å²) < 4.78 is 5.39. The minimum absolute atomic E-state index is 0.0131. The largest absolute Gasteiger partial charge is 0.378 e. The van der Waals surface area contributed by atoms with Crippen LogP contribution in [-0.4, -0.2) is 57.5 Å². The number of hydrogen-bond donors (Lipinski definition) is 0. The lowest BCUT2D eigenvalue weighted by Gasteiger charge is -2.27. The third-order valence-corrected chi connectivity index (χ3v) is 5.73. The van der Waals surface area contributed by atoms with Crippen LogP contribution in [-0.2, 0) is 11.2 Å². The van der Waals surface area contributed by atoms with Gasteiger partial charge < -0.3 is 9.64 Å². The molecule has 150 valence electrons. The van der Waals surface area contributed by atoms with Crippen LogP contribution in [0.2, 0.25) is 0 Å². The number of aromatic nitrogens is 5. The normalized spacial score (nSPS) is 14.2. The molecule has 0 aliphatic carbocycles. The summed E-state index contributed by atoms with van der Waals surface area (Å²) in [6.45, 7) is 2.90. The summed E-state index contributed by atoms with van der Waals surface area (Å²) >= 11 is 1.48. The first-order valence-electron chi connectivity index (χ1n) is 9.61. The SMILES string of the molecule is O=C(Cc1cc2cc(-c3nncs3)ccc2nn1)c1ccnc(N2CCOCC2)c1. The molecule has 0 atom stereocenters. The molecule has 4 aromatic rings. The number of anilines is 1. The maximum Gasteiger partial charge on any atom is 0.169 e. The number of carbonyl (C=O) groups excluding carboxylic acids is 1. The van der Waals surface area contributed by atoms with Gasteiger partial charge in [-0.05, 0) is 36.4 Å². The number of morpholine rings is 1. The van der Waals surface area contributed by atoms with Crippen molar-refractivity contribution in [2.45, 2.75) is 6.42 Å². The third-order valence-electron chi connectivity index (χ3n) is 4.99. The number of carbonyl (C=O) groups is 1. The predicted octanol–water partition coefficient (Wildman–Crippen LogP) is 2.81. The van der Waals surface area contributed by atoms with E-state index in [4.69, 9.17) is 4.74 Å². The van der Waals surface area contributed by atoms with Crippen LogP contribution in [0, 0.1) is 0 Å². The monoisotopic (exact) mass is 418 g/mol. The van der Waals surface area contributed by atoms with Crippen molar-refractivity contribution in [2.75, 3.05) is 31.2 Å². The van der Waals surface area contributed by atoms with E-state index in [9.17, 15) is 4.79 Å². The Hall–Kier alpha value is -3.30. The van der Waals surface area contributed by atoms with Gasteiger partial charge in [0.2, 0.25) is 0 Å². The highest BCUT2D eigenvalue weighted by atomic mass is 32.1. The van der Waals surface area contributed by atoms with Gasteiger partial charge in [0.1, 0.15) is 16.3 Å². The van der Waals surface area contributed by atoms with Gasteiger partial charge in [-0.3, -0.25) is 4.79 Å². The molecule has 0 N–H and O–H groups in total. The Bertz CT molecular complexity index is 1190. The third kappa shape index (κ3) is 3.89. The molecule has 3 aromatic heterocycles. The average Bonchev–Trinajstić information content (AvgIpc) is 3.34. The van der Waals surface area contributed by atoms with Gasteiger partial charge in [-0.15, -0.1) is 10.2 Å². The van der Waals surface area contributed by atoms with E-state index in [1.54, 1.807) is 17.8 Å². The van der Waals surface area contributed by atoms with Crippen LogP contribution in [0.4, 0.5) is 5.82 Å². The second kappa shape index (κ2) is 8.21. The van der Waals surface area contributed by atoms with Crippen LogP contribution >= 0.6 is 11.3 Å². The fourth-order valence-electron chi connectivity index (χ4n) is 3.43. The Morgan fingerprint density at radius 3 is 2.80 bits per heavy atom. The summed E-state index contributed by atoms with van der Waals surface area (Å²) in [5, 5.41) is 18.3. The standard InChI is InChI=1S/C21H18N6O2S/c28-19(14-3-4-22-20(11-14)27-5-7-29-8-6-27)12-17-10-16-9-15(21-26-23-13-30-21)1-2-18(16)25-24-17/h1-4,9-11,13H,5-8,12H2. The van der Waals surface area contributed by atoms with E-state index in [1.165, 1.54) is 11.3 Å². The molecule has 30 heavy (non-hydrogen) atoms. The van der Waals surface area contributed by atoms with Gasteiger partial charge in [-0.1, -0.05) is 11.3 Å². The van der Waals surface area contributed by atoms with E-state index in [2.05, 4.69) is 30.3 Å². The summed E-state index contributed by atoms with van der Waals surface area (Å²) in [5.41, 5.74) is 4.70. The van der Waals surface area contributed by atoms with Gasteiger partial charge in [0.05, 0.1) is 30.8 Å². The van der Waals surface area contributed by atoms with E-state index in [-0.39, 0.29) is 12.2 Å². The van der Waals surface area contributed by atoms with Crippen LogP contribution in [0.1, 0.15) is 16.1 Å². The zero-order valence-corrected chi connectivity index (χ0v) is 16.9. The number of nitrogens with zero attached hydrogens (tertiary/aromatic N) is 6. The van der Waals surface area contributed by atoms with Gasteiger partial charge >= 0.3 is 0 Å². The highest BCUT2D eigenvalue weighted by Gasteiger charge is 2.16. The Kier molecular flexibility index (Phi) is 5.12. The summed E-state index contributed by atoms with van der Waals surface area (Å²) in [5.74, 6) is 0.788. The summed E-state index contributed by atoms with van der Waals surface area (Å²) in [4.78, 5) is 19.4. The molecule has 5 rings (SSSR count). The van der Waals surface area contributed by atoms with Crippen LogP contribution in [0.15, 0.2) is 48.1 Å². The van der Waals surface area contributed by atoms with E-state index in [0.29, 0.717) is 24.5 Å². The number of hydrogen-bond acceptors (Lipinski definition) is 9. The molecule has 0 bridgehead atoms. The number of pyridine rings is 1. The molecule has 1 saturated heterocycles. The lowest BCUT2D eigenvalue weighted by molar-refractivity contribution is 0.0991. The van der Waals surface area contributed by atoms with Crippen LogP contribution in [0.3, 0.4) is 0 Å². The van der Waals surface area contributed by atoms with Crippen LogP contribution in [0.25, 0.3) is 21.5 Å². The topological polar surface area (TPSA) is 94.0 Å². The molecule has 9 heteroatoms. The first kappa shape index (κ1) is 18.7. The fraction of sp³-hybridized carbons (Fsp3) is 0.238. The number of ketones is 1. The van der Waals surface area contributed by atoms with Crippen molar-refractivity contribution in [3.63, 3.8) is 0 Å². The van der Waals surface area contributed by atoms with Gasteiger partial charge in [0.15, 0.2) is 5.78 Å². The zero-order valence-electron chi connectivity index (χ0n) is 16.1. The van der Waals surface area contributed by atoms with E-state index >= 15 is 0 Å². The molecular weight excluding hydrogens is 400 g/mol. The van der Waals surface area contributed by atoms with Crippen molar-refractivity contribution in [1.29, 1.82) is 0 Å². The van der Waals surface area contributed by atoms with Crippen molar-refractivity contribution in [1.82, 2.24) is 25.4 Å². The minimum Gasteiger partial charge on any atom is -0.378 e. The molecule has 1 fully saturated rings. The smallest absolute Gasteiger partial charge is 0.169 e. The van der Waals surface area contributed by atoms with E-state index < -0.39 is 0 Å². The molecular formula is C21H18N6O2S. The summed E-state index contributed by atoms with van der Waals surface area (Å²) in [7, 11) is 0. The van der Waals surface area contributed by atoms with Crippen molar-refractivity contribution < 1.29 is 9.53 Å². The molecule has 1 aliphatic rings. The first-order valence-corrected chi connectivity index (χ1v) is 10.5. The number of ether oxygens (including phenoxy) is 1. The van der Waals surface area contributed by atoms with Gasteiger partial charge in [0, 0.05) is 35.8 Å². The van der Waals surface area contributed by atoms with Crippen LogP contribution in [0.5, 0.6) is 0 Å². The molecule has 8 nitrogen and oxygen atoms in total. The molecule has 0 amide bonds. The Morgan fingerprint density at radius 1 is 1.07 bits per heavy atom. The second-order valence-corrected chi connectivity index (χ2v) is 7.79. The quantitative estimate of drug-likeness (QED) is 0.457. The molecule has 0 unspecified atom stereocenters.